The second-order valence-corrected chi connectivity index (χ2v) is 3.56. The number of hydrogen-bond donors (Lipinski definition) is 1. The first kappa shape index (κ1) is 10.5. The monoisotopic (exact) mass is 182 g/mol. The maximum absolute atomic E-state index is 8.63. The summed E-state index contributed by atoms with van der Waals surface area (Å²) in [5.41, 5.74) is 0. The molecule has 0 saturated heterocycles. The summed E-state index contributed by atoms with van der Waals surface area (Å²) in [5, 5.41) is 11.8. The molecule has 1 aliphatic rings. The van der Waals surface area contributed by atoms with E-state index in [1.807, 2.05) is 6.92 Å². The third kappa shape index (κ3) is 4.87. The molecule has 0 aliphatic heterocycles. The summed E-state index contributed by atoms with van der Waals surface area (Å²) in [4.78, 5) is 0. The van der Waals surface area contributed by atoms with Gasteiger partial charge in [0.1, 0.15) is 0 Å². The molecule has 0 heterocycles. The van der Waals surface area contributed by atoms with Gasteiger partial charge in [-0.15, -0.1) is 0 Å². The van der Waals surface area contributed by atoms with Crippen molar-refractivity contribution in [1.29, 1.82) is 5.26 Å². The summed E-state index contributed by atoms with van der Waals surface area (Å²) in [7, 11) is 0. The van der Waals surface area contributed by atoms with E-state index in [-0.39, 0.29) is 6.04 Å². The zero-order chi connectivity index (χ0) is 9.52. The van der Waals surface area contributed by atoms with Crippen molar-refractivity contribution in [3.8, 4) is 6.07 Å². The summed E-state index contributed by atoms with van der Waals surface area (Å²) in [6.07, 6.45) is 3.53. The van der Waals surface area contributed by atoms with Crippen LogP contribution in [-0.2, 0) is 4.74 Å². The van der Waals surface area contributed by atoms with E-state index in [1.54, 1.807) is 0 Å². The van der Waals surface area contributed by atoms with E-state index in [0.29, 0.717) is 0 Å². The molecule has 1 unspecified atom stereocenters. The molecule has 1 saturated carbocycles. The van der Waals surface area contributed by atoms with Crippen LogP contribution in [0.5, 0.6) is 0 Å². The molecule has 3 nitrogen and oxygen atoms in total. The van der Waals surface area contributed by atoms with Crippen LogP contribution in [0.25, 0.3) is 0 Å². The van der Waals surface area contributed by atoms with Crippen LogP contribution >= 0.6 is 0 Å². The Balaban J connectivity index is 1.84. The number of nitrogens with zero attached hydrogens (tertiary/aromatic N) is 1. The Hall–Kier alpha value is -0.590. The fourth-order valence-corrected chi connectivity index (χ4v) is 1.12. The van der Waals surface area contributed by atoms with Crippen molar-refractivity contribution >= 4 is 0 Å². The summed E-state index contributed by atoms with van der Waals surface area (Å²) in [6, 6.07) is 2.19. The van der Waals surface area contributed by atoms with E-state index < -0.39 is 0 Å². The van der Waals surface area contributed by atoms with Crippen molar-refractivity contribution in [2.24, 2.45) is 5.92 Å². The minimum atomic E-state index is -0.00970. The fourth-order valence-electron chi connectivity index (χ4n) is 1.12. The van der Waals surface area contributed by atoms with E-state index in [2.05, 4.69) is 11.4 Å². The molecule has 1 rings (SSSR count). The second kappa shape index (κ2) is 5.95. The van der Waals surface area contributed by atoms with Crippen LogP contribution in [0.2, 0.25) is 0 Å². The average molecular weight is 182 g/mol. The summed E-state index contributed by atoms with van der Waals surface area (Å²) in [6.45, 7) is 4.43. The van der Waals surface area contributed by atoms with Crippen molar-refractivity contribution in [3.63, 3.8) is 0 Å². The molecular formula is C10H18N2O. The van der Waals surface area contributed by atoms with Crippen LogP contribution in [0.15, 0.2) is 0 Å². The first-order chi connectivity index (χ1) is 6.36. The van der Waals surface area contributed by atoms with Crippen molar-refractivity contribution in [2.45, 2.75) is 32.2 Å². The lowest BCUT2D eigenvalue weighted by molar-refractivity contribution is 0.125. The van der Waals surface area contributed by atoms with Gasteiger partial charge in [-0.3, -0.25) is 5.32 Å². The molecular weight excluding hydrogens is 164 g/mol. The minimum Gasteiger partial charge on any atom is -0.380 e. The van der Waals surface area contributed by atoms with Gasteiger partial charge in [-0.25, -0.2) is 0 Å². The summed E-state index contributed by atoms with van der Waals surface area (Å²) < 4.78 is 5.43. The SMILES string of the molecule is CCC(C#N)NCCOCC1CC1. The zero-order valence-corrected chi connectivity index (χ0v) is 8.25. The van der Waals surface area contributed by atoms with Crippen LogP contribution in [0.3, 0.4) is 0 Å². The Labute approximate surface area is 80.1 Å². The number of rotatable bonds is 7. The van der Waals surface area contributed by atoms with Gasteiger partial charge in [0.2, 0.25) is 0 Å². The largest absolute Gasteiger partial charge is 0.380 e. The van der Waals surface area contributed by atoms with Gasteiger partial charge in [-0.1, -0.05) is 6.92 Å². The smallest absolute Gasteiger partial charge is 0.0951 e. The molecule has 0 aromatic rings. The van der Waals surface area contributed by atoms with Crippen LogP contribution in [0, 0.1) is 17.2 Å². The maximum Gasteiger partial charge on any atom is 0.0951 e. The molecule has 1 atom stereocenters. The van der Waals surface area contributed by atoms with Gasteiger partial charge in [-0.2, -0.15) is 5.26 Å². The minimum absolute atomic E-state index is 0.00970. The highest BCUT2D eigenvalue weighted by atomic mass is 16.5. The number of nitrogens with one attached hydrogen (secondary N) is 1. The Morgan fingerprint density at radius 3 is 2.92 bits per heavy atom. The van der Waals surface area contributed by atoms with Gasteiger partial charge in [0.15, 0.2) is 0 Å². The predicted octanol–water partition coefficient (Wildman–Crippen LogP) is 1.30. The van der Waals surface area contributed by atoms with E-state index in [9.17, 15) is 0 Å². The van der Waals surface area contributed by atoms with Crippen LogP contribution in [0.4, 0.5) is 0 Å². The van der Waals surface area contributed by atoms with Crippen molar-refractivity contribution in [1.82, 2.24) is 5.32 Å². The van der Waals surface area contributed by atoms with Gasteiger partial charge in [0.05, 0.1) is 18.7 Å². The molecule has 0 spiro atoms. The molecule has 1 fully saturated rings. The lowest BCUT2D eigenvalue weighted by Gasteiger charge is -2.08. The Morgan fingerprint density at radius 1 is 1.62 bits per heavy atom. The number of ether oxygens (including phenoxy) is 1. The molecule has 0 radical (unpaired) electrons. The maximum atomic E-state index is 8.63. The zero-order valence-electron chi connectivity index (χ0n) is 8.25. The topological polar surface area (TPSA) is 45.0 Å². The third-order valence-electron chi connectivity index (χ3n) is 2.25. The van der Waals surface area contributed by atoms with E-state index in [1.165, 1.54) is 12.8 Å². The predicted molar refractivity (Wildman–Crippen MR) is 51.2 cm³/mol. The summed E-state index contributed by atoms with van der Waals surface area (Å²) >= 11 is 0. The third-order valence-corrected chi connectivity index (χ3v) is 2.25. The molecule has 13 heavy (non-hydrogen) atoms. The Kier molecular flexibility index (Phi) is 4.81. The van der Waals surface area contributed by atoms with Gasteiger partial charge in [0, 0.05) is 13.2 Å². The number of nitriles is 1. The summed E-state index contributed by atoms with van der Waals surface area (Å²) in [5.74, 6) is 0.831. The highest BCUT2D eigenvalue weighted by Gasteiger charge is 2.20. The molecule has 1 aliphatic carbocycles. The second-order valence-electron chi connectivity index (χ2n) is 3.56. The molecule has 3 heteroatoms. The normalized spacial score (nSPS) is 18.2. The standard InChI is InChI=1S/C10H18N2O/c1-2-10(7-11)12-5-6-13-8-9-3-4-9/h9-10,12H,2-6,8H2,1H3. The molecule has 0 amide bonds. The first-order valence-electron chi connectivity index (χ1n) is 5.07. The van der Waals surface area contributed by atoms with Crippen molar-refractivity contribution in [3.05, 3.63) is 0 Å². The quantitative estimate of drug-likeness (QED) is 0.604. The average Bonchev–Trinajstić information content (AvgIpc) is 2.95. The van der Waals surface area contributed by atoms with Crippen LogP contribution in [-0.4, -0.2) is 25.8 Å². The Morgan fingerprint density at radius 2 is 2.38 bits per heavy atom. The number of hydrogen-bond acceptors (Lipinski definition) is 3. The fraction of sp³-hybridized carbons (Fsp3) is 0.900. The molecule has 0 bridgehead atoms. The molecule has 1 N–H and O–H groups in total. The Bertz CT molecular complexity index is 172. The van der Waals surface area contributed by atoms with Gasteiger partial charge < -0.3 is 4.74 Å². The van der Waals surface area contributed by atoms with Crippen molar-refractivity contribution < 1.29 is 4.74 Å². The van der Waals surface area contributed by atoms with Gasteiger partial charge in [0.25, 0.3) is 0 Å². The van der Waals surface area contributed by atoms with E-state index >= 15 is 0 Å². The highest BCUT2D eigenvalue weighted by molar-refractivity contribution is 4.87. The molecule has 0 aromatic carbocycles. The highest BCUT2D eigenvalue weighted by Crippen LogP contribution is 2.28. The lowest BCUT2D eigenvalue weighted by atomic mass is 10.2. The van der Waals surface area contributed by atoms with Crippen LogP contribution < -0.4 is 5.32 Å². The lowest BCUT2D eigenvalue weighted by Crippen LogP contribution is -2.30. The van der Waals surface area contributed by atoms with E-state index in [0.717, 1.165) is 32.1 Å². The molecule has 74 valence electrons. The first-order valence-corrected chi connectivity index (χ1v) is 5.07. The van der Waals surface area contributed by atoms with Crippen LogP contribution in [0.1, 0.15) is 26.2 Å². The van der Waals surface area contributed by atoms with Crippen molar-refractivity contribution in [2.75, 3.05) is 19.8 Å². The van der Waals surface area contributed by atoms with Gasteiger partial charge in [-0.05, 0) is 25.2 Å². The van der Waals surface area contributed by atoms with Gasteiger partial charge >= 0.3 is 0 Å². The van der Waals surface area contributed by atoms with E-state index in [4.69, 9.17) is 10.00 Å². The molecule has 0 aromatic heterocycles.